The Kier molecular flexibility index (Phi) is 5.85. The van der Waals surface area contributed by atoms with Gasteiger partial charge in [0.1, 0.15) is 0 Å². The third kappa shape index (κ3) is 4.14. The van der Waals surface area contributed by atoms with Crippen molar-refractivity contribution in [1.82, 2.24) is 0 Å². The van der Waals surface area contributed by atoms with E-state index in [-0.39, 0.29) is 0 Å². The van der Waals surface area contributed by atoms with E-state index in [0.29, 0.717) is 0 Å². The summed E-state index contributed by atoms with van der Waals surface area (Å²) in [4.78, 5) is 0. The molecule has 0 fully saturated rings. The fourth-order valence-corrected chi connectivity index (χ4v) is 3.23. The van der Waals surface area contributed by atoms with Gasteiger partial charge in [-0.2, -0.15) is 0 Å². The van der Waals surface area contributed by atoms with Crippen molar-refractivity contribution in [3.8, 4) is 22.3 Å². The molecule has 122 valence electrons. The highest BCUT2D eigenvalue weighted by Crippen LogP contribution is 2.28. The molecule has 0 saturated heterocycles. The number of benzene rings is 3. The standard InChI is InChI=1S/C24H26/c1-2-3-4-6-13-22-14-9-10-15-24(22)23-18-16-21(17-19-23)20-11-7-5-8-12-20/h5,7-12,14-19H,2-4,6,13H2,1H3. The molecule has 24 heavy (non-hydrogen) atoms. The molecular weight excluding hydrogens is 288 g/mol. The first-order valence-electron chi connectivity index (χ1n) is 9.12. The first-order valence-corrected chi connectivity index (χ1v) is 9.12. The molecule has 3 rings (SSSR count). The lowest BCUT2D eigenvalue weighted by molar-refractivity contribution is 0.667. The van der Waals surface area contributed by atoms with Gasteiger partial charge in [-0.15, -0.1) is 0 Å². The van der Waals surface area contributed by atoms with Crippen molar-refractivity contribution in [1.29, 1.82) is 0 Å². The van der Waals surface area contributed by atoms with E-state index < -0.39 is 0 Å². The summed E-state index contributed by atoms with van der Waals surface area (Å²) in [6.45, 7) is 2.27. The second kappa shape index (κ2) is 8.49. The molecule has 0 N–H and O–H groups in total. The molecule has 0 heteroatoms. The van der Waals surface area contributed by atoms with Gasteiger partial charge in [0.15, 0.2) is 0 Å². The first kappa shape index (κ1) is 16.5. The quantitative estimate of drug-likeness (QED) is 0.406. The van der Waals surface area contributed by atoms with Gasteiger partial charge in [0.25, 0.3) is 0 Å². The predicted molar refractivity (Wildman–Crippen MR) is 105 cm³/mol. The molecule has 0 radical (unpaired) electrons. The third-order valence-electron chi connectivity index (χ3n) is 4.62. The fourth-order valence-electron chi connectivity index (χ4n) is 3.23. The third-order valence-corrected chi connectivity index (χ3v) is 4.62. The smallest absolute Gasteiger partial charge is 0.0152 e. The van der Waals surface area contributed by atoms with Gasteiger partial charge in [-0.25, -0.2) is 0 Å². The van der Waals surface area contributed by atoms with Crippen LogP contribution in [0.2, 0.25) is 0 Å². The lowest BCUT2D eigenvalue weighted by Crippen LogP contribution is -1.91. The average molecular weight is 314 g/mol. The Bertz CT molecular complexity index is 739. The monoisotopic (exact) mass is 314 g/mol. The van der Waals surface area contributed by atoms with Crippen molar-refractivity contribution < 1.29 is 0 Å². The van der Waals surface area contributed by atoms with Crippen LogP contribution in [0.15, 0.2) is 78.9 Å². The summed E-state index contributed by atoms with van der Waals surface area (Å²) in [7, 11) is 0. The van der Waals surface area contributed by atoms with Crippen LogP contribution in [0.1, 0.15) is 38.2 Å². The van der Waals surface area contributed by atoms with Crippen molar-refractivity contribution in [3.63, 3.8) is 0 Å². The lowest BCUT2D eigenvalue weighted by atomic mass is 9.94. The largest absolute Gasteiger partial charge is 0.0654 e. The van der Waals surface area contributed by atoms with E-state index in [1.165, 1.54) is 59.9 Å². The second-order valence-corrected chi connectivity index (χ2v) is 6.41. The SMILES string of the molecule is CCCCCCc1ccccc1-c1ccc(-c2ccccc2)cc1. The maximum absolute atomic E-state index is 2.28. The number of hydrogen-bond acceptors (Lipinski definition) is 0. The topological polar surface area (TPSA) is 0 Å². The van der Waals surface area contributed by atoms with Crippen LogP contribution in [0.4, 0.5) is 0 Å². The Morgan fingerprint density at radius 3 is 1.92 bits per heavy atom. The van der Waals surface area contributed by atoms with Gasteiger partial charge in [0.2, 0.25) is 0 Å². The highest BCUT2D eigenvalue weighted by Gasteiger charge is 2.05. The van der Waals surface area contributed by atoms with Crippen molar-refractivity contribution in [2.45, 2.75) is 39.0 Å². The van der Waals surface area contributed by atoms with Crippen molar-refractivity contribution in [2.75, 3.05) is 0 Å². The van der Waals surface area contributed by atoms with Crippen LogP contribution in [-0.2, 0) is 6.42 Å². The van der Waals surface area contributed by atoms with Gasteiger partial charge in [-0.3, -0.25) is 0 Å². The summed E-state index contributed by atoms with van der Waals surface area (Å²) in [5, 5.41) is 0. The minimum absolute atomic E-state index is 1.18. The van der Waals surface area contributed by atoms with Gasteiger partial charge < -0.3 is 0 Å². The molecule has 0 saturated carbocycles. The molecule has 0 aliphatic carbocycles. The molecule has 0 amide bonds. The Morgan fingerprint density at radius 1 is 0.542 bits per heavy atom. The Hall–Kier alpha value is -2.34. The van der Waals surface area contributed by atoms with E-state index >= 15 is 0 Å². The fraction of sp³-hybridized carbons (Fsp3) is 0.250. The van der Waals surface area contributed by atoms with E-state index in [2.05, 4.69) is 85.8 Å². The van der Waals surface area contributed by atoms with Gasteiger partial charge in [-0.1, -0.05) is 105 Å². The Morgan fingerprint density at radius 2 is 1.17 bits per heavy atom. The molecule has 0 unspecified atom stereocenters. The Balaban J connectivity index is 1.79. The molecular formula is C24H26. The predicted octanol–water partition coefficient (Wildman–Crippen LogP) is 7.14. The number of unbranched alkanes of at least 4 members (excludes halogenated alkanes) is 3. The molecule has 0 aromatic heterocycles. The Labute approximate surface area is 146 Å². The van der Waals surface area contributed by atoms with Crippen LogP contribution in [0.5, 0.6) is 0 Å². The molecule has 0 atom stereocenters. The minimum atomic E-state index is 1.18. The van der Waals surface area contributed by atoms with Gasteiger partial charge in [-0.05, 0) is 40.7 Å². The number of hydrogen-bond donors (Lipinski definition) is 0. The van der Waals surface area contributed by atoms with E-state index in [9.17, 15) is 0 Å². The maximum Gasteiger partial charge on any atom is -0.0152 e. The highest BCUT2D eigenvalue weighted by molar-refractivity contribution is 5.72. The summed E-state index contributed by atoms with van der Waals surface area (Å²) in [6.07, 6.45) is 6.43. The molecule has 0 aliphatic heterocycles. The van der Waals surface area contributed by atoms with Crippen LogP contribution >= 0.6 is 0 Å². The molecule has 0 nitrogen and oxygen atoms in total. The lowest BCUT2D eigenvalue weighted by Gasteiger charge is -2.11. The summed E-state index contributed by atoms with van der Waals surface area (Å²) >= 11 is 0. The van der Waals surface area contributed by atoms with Gasteiger partial charge in [0.05, 0.1) is 0 Å². The molecule has 3 aromatic rings. The van der Waals surface area contributed by atoms with Crippen LogP contribution in [-0.4, -0.2) is 0 Å². The van der Waals surface area contributed by atoms with Gasteiger partial charge in [0, 0.05) is 0 Å². The van der Waals surface area contributed by atoms with E-state index in [0.717, 1.165) is 0 Å². The van der Waals surface area contributed by atoms with Crippen LogP contribution in [0.3, 0.4) is 0 Å². The van der Waals surface area contributed by atoms with E-state index in [1.54, 1.807) is 0 Å². The molecule has 0 heterocycles. The van der Waals surface area contributed by atoms with Crippen molar-refractivity contribution in [3.05, 3.63) is 84.4 Å². The zero-order valence-electron chi connectivity index (χ0n) is 14.5. The van der Waals surface area contributed by atoms with E-state index in [4.69, 9.17) is 0 Å². The zero-order valence-corrected chi connectivity index (χ0v) is 14.5. The summed E-state index contributed by atoms with van der Waals surface area (Å²) in [6, 6.07) is 28.4. The minimum Gasteiger partial charge on any atom is -0.0654 e. The zero-order chi connectivity index (χ0) is 16.6. The number of rotatable bonds is 7. The van der Waals surface area contributed by atoms with Crippen molar-refractivity contribution >= 4 is 0 Å². The van der Waals surface area contributed by atoms with E-state index in [1.807, 2.05) is 0 Å². The van der Waals surface area contributed by atoms with Crippen LogP contribution in [0.25, 0.3) is 22.3 Å². The molecule has 0 spiro atoms. The summed E-state index contributed by atoms with van der Waals surface area (Å²) in [5.74, 6) is 0. The van der Waals surface area contributed by atoms with Crippen molar-refractivity contribution in [2.24, 2.45) is 0 Å². The maximum atomic E-state index is 2.28. The summed E-state index contributed by atoms with van der Waals surface area (Å²) in [5.41, 5.74) is 6.73. The molecule has 0 aliphatic rings. The average Bonchev–Trinajstić information content (AvgIpc) is 2.66. The van der Waals surface area contributed by atoms with Crippen LogP contribution in [0, 0.1) is 0 Å². The molecule has 3 aromatic carbocycles. The van der Waals surface area contributed by atoms with Gasteiger partial charge >= 0.3 is 0 Å². The molecule has 0 bridgehead atoms. The number of aryl methyl sites for hydroxylation is 1. The highest BCUT2D eigenvalue weighted by atomic mass is 14.1. The normalized spacial score (nSPS) is 10.7. The van der Waals surface area contributed by atoms with Crippen LogP contribution < -0.4 is 0 Å². The summed E-state index contributed by atoms with van der Waals surface area (Å²) < 4.78 is 0. The second-order valence-electron chi connectivity index (χ2n) is 6.41. The first-order chi connectivity index (χ1) is 11.9.